The van der Waals surface area contributed by atoms with Crippen molar-refractivity contribution in [2.24, 2.45) is 5.92 Å². The summed E-state index contributed by atoms with van der Waals surface area (Å²) in [4.78, 5) is 29.1. The Kier molecular flexibility index (Phi) is 6.50. The largest absolute Gasteiger partial charge is 0.484 e. The van der Waals surface area contributed by atoms with E-state index in [4.69, 9.17) is 4.74 Å². The van der Waals surface area contributed by atoms with Crippen LogP contribution in [0.15, 0.2) is 30.3 Å². The van der Waals surface area contributed by atoms with E-state index in [1.165, 1.54) is 0 Å². The number of ether oxygens (including phenoxy) is 1. The molecule has 2 aliphatic heterocycles. The highest BCUT2D eigenvalue weighted by Crippen LogP contribution is 2.21. The van der Waals surface area contributed by atoms with Gasteiger partial charge in [-0.25, -0.2) is 0 Å². The SMILES string of the molecule is CN(C(=O)C1CCCN(C(=O)COc2ccccc2)C1)C1CCNCC1. The lowest BCUT2D eigenvalue weighted by Crippen LogP contribution is -2.50. The van der Waals surface area contributed by atoms with Gasteiger partial charge in [0.1, 0.15) is 5.75 Å². The fourth-order valence-electron chi connectivity index (χ4n) is 3.82. The predicted molar refractivity (Wildman–Crippen MR) is 99.9 cm³/mol. The number of amides is 2. The number of likely N-dealkylation sites (tertiary alicyclic amines) is 1. The maximum Gasteiger partial charge on any atom is 0.260 e. The number of nitrogens with one attached hydrogen (secondary N) is 1. The van der Waals surface area contributed by atoms with E-state index in [0.717, 1.165) is 38.8 Å². The van der Waals surface area contributed by atoms with Gasteiger partial charge in [0.25, 0.3) is 5.91 Å². The summed E-state index contributed by atoms with van der Waals surface area (Å²) in [6.45, 7) is 3.17. The van der Waals surface area contributed by atoms with Crippen LogP contribution in [0.3, 0.4) is 0 Å². The molecule has 0 spiro atoms. The Morgan fingerprint density at radius 3 is 2.65 bits per heavy atom. The third kappa shape index (κ3) is 4.75. The Hall–Kier alpha value is -2.08. The molecule has 0 aliphatic carbocycles. The molecule has 0 bridgehead atoms. The molecule has 0 saturated carbocycles. The van der Waals surface area contributed by atoms with E-state index < -0.39 is 0 Å². The number of hydrogen-bond donors (Lipinski definition) is 1. The van der Waals surface area contributed by atoms with Crippen molar-refractivity contribution in [2.45, 2.75) is 31.7 Å². The molecule has 2 aliphatic rings. The molecule has 2 fully saturated rings. The van der Waals surface area contributed by atoms with Gasteiger partial charge in [0.15, 0.2) is 6.61 Å². The molecule has 1 N–H and O–H groups in total. The maximum absolute atomic E-state index is 12.9. The summed E-state index contributed by atoms with van der Waals surface area (Å²) in [6, 6.07) is 9.66. The van der Waals surface area contributed by atoms with E-state index in [2.05, 4.69) is 5.32 Å². The van der Waals surface area contributed by atoms with Crippen molar-refractivity contribution in [2.75, 3.05) is 39.8 Å². The van der Waals surface area contributed by atoms with Gasteiger partial charge >= 0.3 is 0 Å². The van der Waals surface area contributed by atoms with E-state index in [9.17, 15) is 9.59 Å². The normalized spacial score (nSPS) is 21.3. The van der Waals surface area contributed by atoms with Gasteiger partial charge in [0.05, 0.1) is 5.92 Å². The van der Waals surface area contributed by atoms with E-state index >= 15 is 0 Å². The molecule has 6 heteroatoms. The average molecular weight is 359 g/mol. The molecule has 142 valence electrons. The van der Waals surface area contributed by atoms with Gasteiger partial charge < -0.3 is 19.9 Å². The van der Waals surface area contributed by atoms with Gasteiger partial charge in [-0.1, -0.05) is 18.2 Å². The number of hydrogen-bond acceptors (Lipinski definition) is 4. The molecule has 1 unspecified atom stereocenters. The summed E-state index contributed by atoms with van der Waals surface area (Å²) in [5, 5.41) is 3.33. The summed E-state index contributed by atoms with van der Waals surface area (Å²) in [7, 11) is 1.91. The Bertz CT molecular complexity index is 602. The van der Waals surface area contributed by atoms with Crippen LogP contribution in [0, 0.1) is 5.92 Å². The number of para-hydroxylation sites is 1. The van der Waals surface area contributed by atoms with Gasteiger partial charge in [-0.3, -0.25) is 9.59 Å². The fourth-order valence-corrected chi connectivity index (χ4v) is 3.82. The minimum Gasteiger partial charge on any atom is -0.484 e. The number of carbonyl (C=O) groups is 2. The smallest absolute Gasteiger partial charge is 0.260 e. The Morgan fingerprint density at radius 1 is 1.19 bits per heavy atom. The Morgan fingerprint density at radius 2 is 1.92 bits per heavy atom. The van der Waals surface area contributed by atoms with Crippen LogP contribution in [0.25, 0.3) is 0 Å². The second-order valence-electron chi connectivity index (χ2n) is 7.21. The summed E-state index contributed by atoms with van der Waals surface area (Å²) in [5.41, 5.74) is 0. The van der Waals surface area contributed by atoms with Crippen molar-refractivity contribution >= 4 is 11.8 Å². The Labute approximate surface area is 155 Å². The zero-order chi connectivity index (χ0) is 18.4. The first kappa shape index (κ1) is 18.7. The van der Waals surface area contributed by atoms with Crippen LogP contribution in [-0.4, -0.2) is 67.5 Å². The van der Waals surface area contributed by atoms with Crippen molar-refractivity contribution in [3.8, 4) is 5.75 Å². The standard InChI is InChI=1S/C20H29N3O3/c1-22(17-9-11-21-12-10-17)20(25)16-6-5-13-23(14-16)19(24)15-26-18-7-3-2-4-8-18/h2-4,7-8,16-17,21H,5-6,9-15H2,1H3. The number of nitrogens with zero attached hydrogens (tertiary/aromatic N) is 2. The highest BCUT2D eigenvalue weighted by Gasteiger charge is 2.32. The van der Waals surface area contributed by atoms with Gasteiger partial charge in [-0.05, 0) is 50.9 Å². The lowest BCUT2D eigenvalue weighted by atomic mass is 9.95. The number of piperidine rings is 2. The molecule has 3 rings (SSSR count). The molecule has 26 heavy (non-hydrogen) atoms. The molecule has 2 heterocycles. The number of benzene rings is 1. The molecular formula is C20H29N3O3. The second kappa shape index (κ2) is 9.03. The van der Waals surface area contributed by atoms with E-state index in [1.54, 1.807) is 4.90 Å². The molecule has 1 aromatic carbocycles. The van der Waals surface area contributed by atoms with Gasteiger partial charge in [0.2, 0.25) is 5.91 Å². The van der Waals surface area contributed by atoms with Crippen LogP contribution in [0.4, 0.5) is 0 Å². The first-order valence-corrected chi connectivity index (χ1v) is 9.58. The quantitative estimate of drug-likeness (QED) is 0.866. The van der Waals surface area contributed by atoms with Crippen molar-refractivity contribution < 1.29 is 14.3 Å². The molecule has 6 nitrogen and oxygen atoms in total. The topological polar surface area (TPSA) is 61.9 Å². The van der Waals surface area contributed by atoms with Crippen molar-refractivity contribution in [3.05, 3.63) is 30.3 Å². The molecule has 2 saturated heterocycles. The highest BCUT2D eigenvalue weighted by atomic mass is 16.5. The third-order valence-corrected chi connectivity index (χ3v) is 5.43. The van der Waals surface area contributed by atoms with Crippen LogP contribution >= 0.6 is 0 Å². The first-order valence-electron chi connectivity index (χ1n) is 9.58. The minimum absolute atomic E-state index is 0.0229. The monoisotopic (exact) mass is 359 g/mol. The van der Waals surface area contributed by atoms with Crippen LogP contribution in [0.5, 0.6) is 5.75 Å². The van der Waals surface area contributed by atoms with Crippen LogP contribution < -0.4 is 10.1 Å². The third-order valence-electron chi connectivity index (χ3n) is 5.43. The molecule has 0 aromatic heterocycles. The zero-order valence-electron chi connectivity index (χ0n) is 15.5. The lowest BCUT2D eigenvalue weighted by molar-refractivity contribution is -0.142. The van der Waals surface area contributed by atoms with Gasteiger partial charge in [-0.2, -0.15) is 0 Å². The highest BCUT2D eigenvalue weighted by molar-refractivity contribution is 5.82. The fraction of sp³-hybridized carbons (Fsp3) is 0.600. The molecular weight excluding hydrogens is 330 g/mol. The molecule has 1 aromatic rings. The second-order valence-corrected chi connectivity index (χ2v) is 7.21. The van der Waals surface area contributed by atoms with Crippen LogP contribution in [0.2, 0.25) is 0 Å². The van der Waals surface area contributed by atoms with Crippen LogP contribution in [0.1, 0.15) is 25.7 Å². The average Bonchev–Trinajstić information content (AvgIpc) is 2.72. The van der Waals surface area contributed by atoms with Crippen LogP contribution in [-0.2, 0) is 9.59 Å². The van der Waals surface area contributed by atoms with Crippen molar-refractivity contribution in [3.63, 3.8) is 0 Å². The summed E-state index contributed by atoms with van der Waals surface area (Å²) >= 11 is 0. The number of rotatable bonds is 5. The van der Waals surface area contributed by atoms with Gasteiger partial charge in [-0.15, -0.1) is 0 Å². The van der Waals surface area contributed by atoms with Crippen molar-refractivity contribution in [1.82, 2.24) is 15.1 Å². The first-order chi connectivity index (χ1) is 12.6. The summed E-state index contributed by atoms with van der Waals surface area (Å²) < 4.78 is 5.57. The molecule has 0 radical (unpaired) electrons. The minimum atomic E-state index is -0.0932. The zero-order valence-corrected chi connectivity index (χ0v) is 15.5. The predicted octanol–water partition coefficient (Wildman–Crippen LogP) is 1.51. The maximum atomic E-state index is 12.9. The van der Waals surface area contributed by atoms with Crippen molar-refractivity contribution in [1.29, 1.82) is 0 Å². The van der Waals surface area contributed by atoms with E-state index in [1.807, 2.05) is 42.3 Å². The molecule has 2 amide bonds. The summed E-state index contributed by atoms with van der Waals surface area (Å²) in [6.07, 6.45) is 3.73. The van der Waals surface area contributed by atoms with Gasteiger partial charge in [0, 0.05) is 26.2 Å². The van der Waals surface area contributed by atoms with E-state index in [-0.39, 0.29) is 24.3 Å². The Balaban J connectivity index is 1.51. The number of carbonyl (C=O) groups excluding carboxylic acids is 2. The van der Waals surface area contributed by atoms with E-state index in [0.29, 0.717) is 24.9 Å². The molecule has 1 atom stereocenters. The lowest BCUT2D eigenvalue weighted by Gasteiger charge is -2.37. The summed E-state index contributed by atoms with van der Waals surface area (Å²) in [5.74, 6) is 0.731.